The second kappa shape index (κ2) is 6.80. The molecule has 8 nitrogen and oxygen atoms in total. The Hall–Kier alpha value is -2.87. The topological polar surface area (TPSA) is 97.0 Å². The Labute approximate surface area is 152 Å². The number of anilines is 2. The quantitative estimate of drug-likeness (QED) is 0.761. The first-order chi connectivity index (χ1) is 12.6. The highest BCUT2D eigenvalue weighted by atomic mass is 15.3. The Morgan fingerprint density at radius 1 is 0.923 bits per heavy atom. The third kappa shape index (κ3) is 3.28. The molecule has 1 aliphatic rings. The summed E-state index contributed by atoms with van der Waals surface area (Å²) in [6.45, 7) is 8.43. The predicted octanol–water partition coefficient (Wildman–Crippen LogP) is 1.59. The maximum absolute atomic E-state index is 5.67. The van der Waals surface area contributed by atoms with E-state index < -0.39 is 0 Å². The van der Waals surface area contributed by atoms with Gasteiger partial charge in [0, 0.05) is 68.0 Å². The summed E-state index contributed by atoms with van der Waals surface area (Å²) in [5.74, 6) is 1.02. The molecule has 0 atom stereocenters. The van der Waals surface area contributed by atoms with Crippen molar-refractivity contribution in [3.8, 4) is 11.3 Å². The minimum atomic E-state index is 0.252. The van der Waals surface area contributed by atoms with E-state index in [1.807, 2.05) is 18.5 Å². The van der Waals surface area contributed by atoms with Crippen LogP contribution in [0.15, 0.2) is 30.9 Å². The van der Waals surface area contributed by atoms with Crippen LogP contribution >= 0.6 is 0 Å². The number of hydrogen-bond acceptors (Lipinski definition) is 8. The van der Waals surface area contributed by atoms with Crippen LogP contribution < -0.4 is 10.6 Å². The SMILES string of the molecule is CC(C)N1CCN(c2ncc(-c3cc4nc(N)ncc4cn3)cn2)CC1. The molecule has 0 unspecified atom stereocenters. The minimum absolute atomic E-state index is 0.252. The number of hydrogen-bond donors (Lipinski definition) is 1. The van der Waals surface area contributed by atoms with E-state index in [2.05, 4.69) is 48.6 Å². The maximum atomic E-state index is 5.67. The lowest BCUT2D eigenvalue weighted by molar-refractivity contribution is 0.208. The molecule has 4 rings (SSSR count). The van der Waals surface area contributed by atoms with Crippen LogP contribution in [0.1, 0.15) is 13.8 Å². The molecule has 0 spiro atoms. The molecular formula is C18H22N8. The highest BCUT2D eigenvalue weighted by molar-refractivity contribution is 5.81. The molecule has 1 fully saturated rings. The maximum Gasteiger partial charge on any atom is 0.225 e. The van der Waals surface area contributed by atoms with Gasteiger partial charge in [-0.25, -0.2) is 19.9 Å². The summed E-state index contributed by atoms with van der Waals surface area (Å²) in [5, 5.41) is 0.850. The lowest BCUT2D eigenvalue weighted by Crippen LogP contribution is -2.49. The highest BCUT2D eigenvalue weighted by Crippen LogP contribution is 2.21. The van der Waals surface area contributed by atoms with E-state index in [1.54, 1.807) is 12.4 Å². The molecule has 0 aliphatic carbocycles. The number of nitrogens with zero attached hydrogens (tertiary/aromatic N) is 7. The molecule has 8 heteroatoms. The van der Waals surface area contributed by atoms with Crippen LogP contribution in [-0.2, 0) is 0 Å². The van der Waals surface area contributed by atoms with E-state index in [9.17, 15) is 0 Å². The van der Waals surface area contributed by atoms with Gasteiger partial charge in [0.25, 0.3) is 0 Å². The summed E-state index contributed by atoms with van der Waals surface area (Å²) in [7, 11) is 0. The van der Waals surface area contributed by atoms with E-state index in [0.29, 0.717) is 6.04 Å². The Bertz CT molecular complexity index is 901. The normalized spacial score (nSPS) is 15.7. The molecule has 3 aromatic heterocycles. The van der Waals surface area contributed by atoms with Gasteiger partial charge in [-0.1, -0.05) is 0 Å². The van der Waals surface area contributed by atoms with Gasteiger partial charge in [0.15, 0.2) is 0 Å². The van der Waals surface area contributed by atoms with E-state index in [0.717, 1.165) is 54.3 Å². The largest absolute Gasteiger partial charge is 0.368 e. The van der Waals surface area contributed by atoms with Gasteiger partial charge in [0.05, 0.1) is 11.2 Å². The number of nitrogen functional groups attached to an aromatic ring is 1. The van der Waals surface area contributed by atoms with E-state index in [4.69, 9.17) is 5.73 Å². The molecule has 1 aliphatic heterocycles. The number of nitrogens with two attached hydrogens (primary N) is 1. The van der Waals surface area contributed by atoms with Crippen molar-refractivity contribution in [3.63, 3.8) is 0 Å². The van der Waals surface area contributed by atoms with Gasteiger partial charge in [0.1, 0.15) is 0 Å². The van der Waals surface area contributed by atoms with Crippen molar-refractivity contribution >= 4 is 22.8 Å². The van der Waals surface area contributed by atoms with Crippen molar-refractivity contribution in [3.05, 3.63) is 30.9 Å². The van der Waals surface area contributed by atoms with Crippen molar-refractivity contribution < 1.29 is 0 Å². The first-order valence-electron chi connectivity index (χ1n) is 8.80. The van der Waals surface area contributed by atoms with Crippen LogP contribution in [0.2, 0.25) is 0 Å². The van der Waals surface area contributed by atoms with E-state index in [1.165, 1.54) is 0 Å². The molecule has 4 heterocycles. The van der Waals surface area contributed by atoms with Gasteiger partial charge < -0.3 is 10.6 Å². The molecule has 3 aromatic rings. The Kier molecular flexibility index (Phi) is 4.34. The van der Waals surface area contributed by atoms with Crippen molar-refractivity contribution in [2.24, 2.45) is 0 Å². The number of piperazine rings is 1. The van der Waals surface area contributed by atoms with Crippen LogP contribution in [0.3, 0.4) is 0 Å². The Morgan fingerprint density at radius 3 is 2.31 bits per heavy atom. The smallest absolute Gasteiger partial charge is 0.225 e. The van der Waals surface area contributed by atoms with Crippen molar-refractivity contribution in [1.82, 2.24) is 29.8 Å². The fraction of sp³-hybridized carbons (Fsp3) is 0.389. The van der Waals surface area contributed by atoms with Crippen molar-refractivity contribution in [2.45, 2.75) is 19.9 Å². The van der Waals surface area contributed by atoms with Gasteiger partial charge in [0.2, 0.25) is 11.9 Å². The first-order valence-corrected chi connectivity index (χ1v) is 8.80. The fourth-order valence-corrected chi connectivity index (χ4v) is 3.15. The second-order valence-corrected chi connectivity index (χ2v) is 6.75. The first kappa shape index (κ1) is 16.6. The molecule has 26 heavy (non-hydrogen) atoms. The zero-order valence-electron chi connectivity index (χ0n) is 15.0. The number of rotatable bonds is 3. The zero-order chi connectivity index (χ0) is 18.1. The minimum Gasteiger partial charge on any atom is -0.368 e. The van der Waals surface area contributed by atoms with Crippen LogP contribution in [0, 0.1) is 0 Å². The summed E-state index contributed by atoms with van der Waals surface area (Å²) in [4.78, 5) is 26.5. The van der Waals surface area contributed by atoms with Crippen LogP contribution in [0.5, 0.6) is 0 Å². The number of aromatic nitrogens is 5. The lowest BCUT2D eigenvalue weighted by Gasteiger charge is -2.36. The summed E-state index contributed by atoms with van der Waals surface area (Å²) < 4.78 is 0. The van der Waals surface area contributed by atoms with Gasteiger partial charge in [-0.2, -0.15) is 0 Å². The molecule has 0 aromatic carbocycles. The average molecular weight is 350 g/mol. The van der Waals surface area contributed by atoms with Gasteiger partial charge in [-0.15, -0.1) is 0 Å². The standard InChI is InChI=1S/C18H22N8/c1-12(2)25-3-5-26(6-4-25)18-22-10-13(11-23-18)15-7-16-14(8-20-15)9-21-17(19)24-16/h7-12H,3-6H2,1-2H3,(H2,19,21,24). The molecule has 134 valence electrons. The Morgan fingerprint density at radius 2 is 1.62 bits per heavy atom. The average Bonchev–Trinajstić information content (AvgIpc) is 2.67. The monoisotopic (exact) mass is 350 g/mol. The zero-order valence-corrected chi connectivity index (χ0v) is 15.0. The van der Waals surface area contributed by atoms with Gasteiger partial charge in [-0.3, -0.25) is 9.88 Å². The summed E-state index contributed by atoms with van der Waals surface area (Å²) in [6.07, 6.45) is 7.04. The predicted molar refractivity (Wildman–Crippen MR) is 102 cm³/mol. The van der Waals surface area contributed by atoms with Crippen molar-refractivity contribution in [1.29, 1.82) is 0 Å². The van der Waals surface area contributed by atoms with Gasteiger partial charge >= 0.3 is 0 Å². The molecule has 0 bridgehead atoms. The van der Waals surface area contributed by atoms with Crippen LogP contribution in [0.4, 0.5) is 11.9 Å². The highest BCUT2D eigenvalue weighted by Gasteiger charge is 2.20. The van der Waals surface area contributed by atoms with Gasteiger partial charge in [-0.05, 0) is 19.9 Å². The molecule has 2 N–H and O–H groups in total. The molecule has 0 amide bonds. The van der Waals surface area contributed by atoms with Crippen LogP contribution in [0.25, 0.3) is 22.2 Å². The molecule has 1 saturated heterocycles. The molecule has 0 radical (unpaired) electrons. The third-order valence-corrected chi connectivity index (χ3v) is 4.74. The second-order valence-electron chi connectivity index (χ2n) is 6.75. The summed E-state index contributed by atoms with van der Waals surface area (Å²) in [5.41, 5.74) is 8.05. The Balaban J connectivity index is 1.53. The third-order valence-electron chi connectivity index (χ3n) is 4.74. The lowest BCUT2D eigenvalue weighted by atomic mass is 10.2. The summed E-state index contributed by atoms with van der Waals surface area (Å²) >= 11 is 0. The number of fused-ring (bicyclic) bond motifs is 1. The summed E-state index contributed by atoms with van der Waals surface area (Å²) in [6, 6.07) is 2.46. The van der Waals surface area contributed by atoms with E-state index in [-0.39, 0.29) is 5.95 Å². The van der Waals surface area contributed by atoms with E-state index >= 15 is 0 Å². The fourth-order valence-electron chi connectivity index (χ4n) is 3.15. The van der Waals surface area contributed by atoms with Crippen molar-refractivity contribution in [2.75, 3.05) is 36.8 Å². The molecular weight excluding hydrogens is 328 g/mol. The molecule has 0 saturated carbocycles. The number of pyridine rings is 1. The van der Waals surface area contributed by atoms with Crippen LogP contribution in [-0.4, -0.2) is 62.0 Å².